The predicted octanol–water partition coefficient (Wildman–Crippen LogP) is 4.65. The summed E-state index contributed by atoms with van der Waals surface area (Å²) >= 11 is 1.11. The van der Waals surface area contributed by atoms with Crippen molar-refractivity contribution >= 4 is 17.5 Å². The molecule has 1 aromatic carbocycles. The summed E-state index contributed by atoms with van der Waals surface area (Å²) in [6.45, 7) is 3.44. The number of nitrogens with two attached hydrogens (primary N) is 1. The van der Waals surface area contributed by atoms with Crippen molar-refractivity contribution in [1.29, 1.82) is 0 Å². The van der Waals surface area contributed by atoms with Gasteiger partial charge in [-0.05, 0) is 50.2 Å². The normalized spacial score (nSPS) is 11.8. The molecule has 3 heterocycles. The van der Waals surface area contributed by atoms with Crippen LogP contribution in [0.1, 0.15) is 27.3 Å². The van der Waals surface area contributed by atoms with Crippen molar-refractivity contribution in [2.24, 2.45) is 0 Å². The molecule has 32 heavy (non-hydrogen) atoms. The van der Waals surface area contributed by atoms with E-state index in [2.05, 4.69) is 10.2 Å². The third kappa shape index (κ3) is 4.03. The van der Waals surface area contributed by atoms with Gasteiger partial charge in [0.25, 0.3) is 0 Å². The topological polar surface area (TPSA) is 91.9 Å². The van der Waals surface area contributed by atoms with Crippen molar-refractivity contribution in [1.82, 2.24) is 19.4 Å². The number of thioether (sulfide) groups is 1. The number of alkyl halides is 3. The average Bonchev–Trinajstić information content (AvgIpc) is 3.45. The van der Waals surface area contributed by atoms with E-state index < -0.39 is 11.7 Å². The zero-order chi connectivity index (χ0) is 23.0. The van der Waals surface area contributed by atoms with Gasteiger partial charge < -0.3 is 14.8 Å². The van der Waals surface area contributed by atoms with Crippen molar-refractivity contribution < 1.29 is 22.4 Å². The number of aryl methyl sites for hydroxylation is 1. The summed E-state index contributed by atoms with van der Waals surface area (Å²) in [6.07, 6.45) is -2.96. The van der Waals surface area contributed by atoms with E-state index in [1.54, 1.807) is 42.7 Å². The lowest BCUT2D eigenvalue weighted by molar-refractivity contribution is -0.137. The molecule has 0 radical (unpaired) electrons. The monoisotopic (exact) mass is 461 g/mol. The Labute approximate surface area is 185 Å². The number of benzene rings is 1. The smallest absolute Gasteiger partial charge is 0.416 e. The van der Waals surface area contributed by atoms with Gasteiger partial charge in [0.1, 0.15) is 0 Å². The first-order valence-corrected chi connectivity index (χ1v) is 10.4. The van der Waals surface area contributed by atoms with Crippen LogP contribution in [0.3, 0.4) is 0 Å². The minimum atomic E-state index is -4.45. The Morgan fingerprint density at radius 2 is 1.94 bits per heavy atom. The first kappa shape index (κ1) is 21.8. The number of rotatable bonds is 6. The van der Waals surface area contributed by atoms with Crippen LogP contribution in [0.4, 0.5) is 13.2 Å². The fourth-order valence-electron chi connectivity index (χ4n) is 3.42. The third-order valence-corrected chi connectivity index (χ3v) is 5.84. The molecule has 11 heteroatoms. The molecular weight excluding hydrogens is 443 g/mol. The van der Waals surface area contributed by atoms with Gasteiger partial charge in [0.2, 0.25) is 11.0 Å². The molecule has 0 unspecified atom stereocenters. The summed E-state index contributed by atoms with van der Waals surface area (Å²) in [7, 11) is 0. The molecule has 3 aromatic heterocycles. The van der Waals surface area contributed by atoms with E-state index >= 15 is 0 Å². The maximum Gasteiger partial charge on any atom is 0.416 e. The molecule has 0 aliphatic carbocycles. The second-order valence-corrected chi connectivity index (χ2v) is 7.98. The number of carbonyl (C=O) groups excluding carboxylic acids is 1. The lowest BCUT2D eigenvalue weighted by Gasteiger charge is -2.13. The van der Waals surface area contributed by atoms with Crippen LogP contribution in [-0.4, -0.2) is 31.0 Å². The average molecular weight is 461 g/mol. The molecule has 0 atom stereocenters. The molecule has 0 saturated carbocycles. The van der Waals surface area contributed by atoms with Crippen molar-refractivity contribution in [3.63, 3.8) is 0 Å². The number of nitrogens with zero attached hydrogens (tertiary/aromatic N) is 4. The van der Waals surface area contributed by atoms with Crippen molar-refractivity contribution in [2.75, 3.05) is 11.6 Å². The molecule has 0 spiro atoms. The molecular formula is C21H18F3N5O2S. The largest absolute Gasteiger partial charge is 0.461 e. The summed E-state index contributed by atoms with van der Waals surface area (Å²) in [4.78, 5) is 12.9. The van der Waals surface area contributed by atoms with Crippen LogP contribution in [0, 0.1) is 13.8 Å². The summed E-state index contributed by atoms with van der Waals surface area (Å²) in [5.41, 5.74) is 1.21. The lowest BCUT2D eigenvalue weighted by atomic mass is 10.1. The number of furan rings is 1. The number of hydrogen-bond acceptors (Lipinski definition) is 6. The maximum absolute atomic E-state index is 13.1. The number of aromatic nitrogens is 4. The Hall–Kier alpha value is -3.47. The predicted molar refractivity (Wildman–Crippen MR) is 113 cm³/mol. The second kappa shape index (κ2) is 8.23. The highest BCUT2D eigenvalue weighted by Crippen LogP contribution is 2.32. The molecule has 2 N–H and O–H groups in total. The minimum Gasteiger partial charge on any atom is -0.461 e. The number of nitrogen functional groups attached to an aromatic ring is 1. The van der Waals surface area contributed by atoms with Gasteiger partial charge in [0, 0.05) is 22.6 Å². The molecule has 0 aliphatic heterocycles. The second-order valence-electron chi connectivity index (χ2n) is 7.03. The molecule has 0 bridgehead atoms. The molecule has 0 aliphatic rings. The fraction of sp³-hybridized carbons (Fsp3) is 0.190. The van der Waals surface area contributed by atoms with Crippen LogP contribution in [0.2, 0.25) is 0 Å². The van der Waals surface area contributed by atoms with E-state index in [1.807, 2.05) is 0 Å². The third-order valence-electron chi connectivity index (χ3n) is 4.90. The van der Waals surface area contributed by atoms with Crippen LogP contribution in [0.25, 0.3) is 17.3 Å². The maximum atomic E-state index is 13.1. The number of halogens is 3. The Bertz CT molecular complexity index is 1280. The highest BCUT2D eigenvalue weighted by atomic mass is 32.2. The Balaban J connectivity index is 1.55. The molecule has 4 rings (SSSR count). The minimum absolute atomic E-state index is 0.0281. The van der Waals surface area contributed by atoms with E-state index in [1.165, 1.54) is 17.0 Å². The zero-order valence-corrected chi connectivity index (χ0v) is 17.9. The Kier molecular flexibility index (Phi) is 5.59. The van der Waals surface area contributed by atoms with Gasteiger partial charge in [-0.1, -0.05) is 17.8 Å². The standard InChI is InChI=1S/C21H18F3N5O2S/c1-12-9-16(13(2)28(12)15-6-3-5-14(10-15)21(22,23)24)17(30)11-32-20-27-26-19(29(20)25)18-7-4-8-31-18/h3-10H,11,25H2,1-2H3. The fourth-order valence-corrected chi connectivity index (χ4v) is 4.16. The van der Waals surface area contributed by atoms with E-state index in [0.717, 1.165) is 23.9 Å². The number of carbonyl (C=O) groups is 1. The first-order chi connectivity index (χ1) is 15.2. The summed E-state index contributed by atoms with van der Waals surface area (Å²) < 4.78 is 47.5. The molecule has 4 aromatic rings. The quantitative estimate of drug-likeness (QED) is 0.255. The SMILES string of the molecule is Cc1cc(C(=O)CSc2nnc(-c3ccco3)n2N)c(C)n1-c1cccc(C(F)(F)F)c1. The number of Topliss-reactive ketones (excluding diaryl/α,β-unsaturated/α-hetero) is 1. The summed E-state index contributed by atoms with van der Waals surface area (Å²) in [5, 5.41) is 8.30. The molecule has 0 fully saturated rings. The highest BCUT2D eigenvalue weighted by Gasteiger charge is 2.31. The lowest BCUT2D eigenvalue weighted by Crippen LogP contribution is -2.13. The summed E-state index contributed by atoms with van der Waals surface area (Å²) in [5.74, 6) is 6.60. The van der Waals surface area contributed by atoms with Crippen LogP contribution in [0.5, 0.6) is 0 Å². The van der Waals surface area contributed by atoms with E-state index in [4.69, 9.17) is 10.3 Å². The van der Waals surface area contributed by atoms with Crippen molar-refractivity contribution in [2.45, 2.75) is 25.2 Å². The Morgan fingerprint density at radius 1 is 1.16 bits per heavy atom. The van der Waals surface area contributed by atoms with Gasteiger partial charge >= 0.3 is 6.18 Å². The van der Waals surface area contributed by atoms with Crippen LogP contribution < -0.4 is 5.84 Å². The molecule has 166 valence electrons. The van der Waals surface area contributed by atoms with Crippen LogP contribution in [-0.2, 0) is 6.18 Å². The first-order valence-electron chi connectivity index (χ1n) is 9.43. The highest BCUT2D eigenvalue weighted by molar-refractivity contribution is 7.99. The molecule has 7 nitrogen and oxygen atoms in total. The Morgan fingerprint density at radius 3 is 2.62 bits per heavy atom. The van der Waals surface area contributed by atoms with Gasteiger partial charge in [-0.15, -0.1) is 10.2 Å². The number of ketones is 1. The number of hydrogen-bond donors (Lipinski definition) is 1. The van der Waals surface area contributed by atoms with Crippen LogP contribution in [0.15, 0.2) is 58.3 Å². The van der Waals surface area contributed by atoms with Crippen molar-refractivity contribution in [3.8, 4) is 17.3 Å². The van der Waals surface area contributed by atoms with Gasteiger partial charge in [0.15, 0.2) is 11.5 Å². The van der Waals surface area contributed by atoms with Gasteiger partial charge in [-0.2, -0.15) is 13.2 Å². The van der Waals surface area contributed by atoms with Gasteiger partial charge in [-0.25, -0.2) is 4.68 Å². The van der Waals surface area contributed by atoms with Crippen molar-refractivity contribution in [3.05, 3.63) is 71.2 Å². The van der Waals surface area contributed by atoms with Gasteiger partial charge in [0.05, 0.1) is 17.6 Å². The van der Waals surface area contributed by atoms with Gasteiger partial charge in [-0.3, -0.25) is 4.79 Å². The van der Waals surface area contributed by atoms with Crippen LogP contribution >= 0.6 is 11.8 Å². The molecule has 0 saturated heterocycles. The van der Waals surface area contributed by atoms with E-state index in [-0.39, 0.29) is 11.5 Å². The van der Waals surface area contributed by atoms with E-state index in [0.29, 0.717) is 39.4 Å². The zero-order valence-electron chi connectivity index (χ0n) is 17.1. The summed E-state index contributed by atoms with van der Waals surface area (Å²) in [6, 6.07) is 10.1. The van der Waals surface area contributed by atoms with E-state index in [9.17, 15) is 18.0 Å². The molecule has 0 amide bonds.